The van der Waals surface area contributed by atoms with Gasteiger partial charge in [-0.25, -0.2) is 31.2 Å². The normalized spacial score (nSPS) is 11.5. The van der Waals surface area contributed by atoms with Crippen LogP contribution in [0.1, 0.15) is 32.0 Å². The highest BCUT2D eigenvalue weighted by molar-refractivity contribution is 7.91. The van der Waals surface area contributed by atoms with Gasteiger partial charge in [0.05, 0.1) is 20.2 Å². The number of hydrogen-bond acceptors (Lipinski definition) is 10. The number of pyridine rings is 2. The third-order valence-corrected chi connectivity index (χ3v) is 14.1. The lowest BCUT2D eigenvalue weighted by Gasteiger charge is -2.08. The fraction of sp³-hybridized carbons (Fsp3) is 0.0444. The summed E-state index contributed by atoms with van der Waals surface area (Å²) in [5.74, 6) is -0.932. The number of thiazole rings is 1. The van der Waals surface area contributed by atoms with Crippen molar-refractivity contribution in [3.05, 3.63) is 186 Å². The number of amides is 2. The number of carbonyl (C=O) groups is 2. The zero-order chi connectivity index (χ0) is 43.3. The molecular formula is C45H34FN7O6S3. The Morgan fingerprint density at radius 2 is 1.35 bits per heavy atom. The van der Waals surface area contributed by atoms with Gasteiger partial charge in [-0.1, -0.05) is 54.6 Å². The average molecular weight is 884 g/mol. The third kappa shape index (κ3) is 9.19. The lowest BCUT2D eigenvalue weighted by Crippen LogP contribution is -2.23. The Hall–Kier alpha value is -7.34. The highest BCUT2D eigenvalue weighted by atomic mass is 32.2. The van der Waals surface area contributed by atoms with Gasteiger partial charge < -0.3 is 20.6 Å². The van der Waals surface area contributed by atoms with E-state index < -0.39 is 25.5 Å². The summed E-state index contributed by atoms with van der Waals surface area (Å²) in [6.07, 6.45) is 6.60. The summed E-state index contributed by atoms with van der Waals surface area (Å²) in [6.45, 7) is 0.517. The molecule has 2 amide bonds. The fourth-order valence-corrected chi connectivity index (χ4v) is 9.90. The van der Waals surface area contributed by atoms with E-state index in [1.54, 1.807) is 116 Å². The molecule has 0 radical (unpaired) electrons. The molecule has 0 bridgehead atoms. The van der Waals surface area contributed by atoms with Crippen molar-refractivity contribution < 1.29 is 30.8 Å². The predicted molar refractivity (Wildman–Crippen MR) is 232 cm³/mol. The maximum atomic E-state index is 13.5. The maximum Gasteiger partial charge on any atom is 0.267 e. The van der Waals surface area contributed by atoms with Crippen molar-refractivity contribution in [3.8, 4) is 10.6 Å². The molecule has 17 heteroatoms. The molecular weight excluding hydrogens is 850 g/mol. The van der Waals surface area contributed by atoms with Crippen LogP contribution in [0.15, 0.2) is 177 Å². The summed E-state index contributed by atoms with van der Waals surface area (Å²) in [5.41, 5.74) is 4.49. The zero-order valence-corrected chi connectivity index (χ0v) is 34.8. The third-order valence-electron chi connectivity index (χ3n) is 9.58. The standard InChI is InChI=1S/C24H17FN4O3S2.C21H17N3O3S/c25-18-3-1-2-16(10-18)24-29-22(14-33-24)34(31,32)19-6-4-15(5-7-19)12-27-23(30)21-11-17-13-26-9-8-20(17)28-21;25-21(17-12-16-10-11-22-20(16)23-14-17)24-13-15-6-8-19(9-7-15)28(26,27)18-4-2-1-3-5-18/h1-11,13-14,28H,12H2,(H,27,30);1-12,14H,13H2,(H,22,23)(H,24,25). The Morgan fingerprint density at radius 3 is 2.05 bits per heavy atom. The molecule has 0 aliphatic heterocycles. The molecule has 13 nitrogen and oxygen atoms in total. The minimum atomic E-state index is -3.83. The van der Waals surface area contributed by atoms with E-state index in [0.29, 0.717) is 21.8 Å². The van der Waals surface area contributed by atoms with Crippen LogP contribution in [0.4, 0.5) is 4.39 Å². The van der Waals surface area contributed by atoms with Crippen LogP contribution >= 0.6 is 11.3 Å². The number of rotatable bonds is 11. The van der Waals surface area contributed by atoms with Crippen LogP contribution in [0.25, 0.3) is 32.5 Å². The van der Waals surface area contributed by atoms with E-state index >= 15 is 0 Å². The molecule has 0 spiro atoms. The number of aromatic amines is 2. The molecule has 0 saturated heterocycles. The van der Waals surface area contributed by atoms with Crippen LogP contribution in [0.5, 0.6) is 0 Å². The summed E-state index contributed by atoms with van der Waals surface area (Å²) >= 11 is 1.14. The first-order valence-corrected chi connectivity index (χ1v) is 22.7. The fourth-order valence-electron chi connectivity index (χ4n) is 6.29. The van der Waals surface area contributed by atoms with Gasteiger partial charge >= 0.3 is 0 Å². The smallest absolute Gasteiger partial charge is 0.267 e. The highest BCUT2D eigenvalue weighted by Gasteiger charge is 2.22. The minimum absolute atomic E-state index is 0.0850. The lowest BCUT2D eigenvalue weighted by molar-refractivity contribution is 0.0940. The van der Waals surface area contributed by atoms with E-state index in [4.69, 9.17) is 0 Å². The van der Waals surface area contributed by atoms with Crippen molar-refractivity contribution in [2.24, 2.45) is 0 Å². The highest BCUT2D eigenvalue weighted by Crippen LogP contribution is 2.29. The summed E-state index contributed by atoms with van der Waals surface area (Å²) < 4.78 is 64.7. The molecule has 0 aliphatic rings. The zero-order valence-electron chi connectivity index (χ0n) is 32.3. The molecule has 310 valence electrons. The van der Waals surface area contributed by atoms with Gasteiger partial charge in [0.25, 0.3) is 11.8 Å². The van der Waals surface area contributed by atoms with E-state index in [1.807, 2.05) is 6.07 Å². The van der Waals surface area contributed by atoms with Crippen molar-refractivity contribution in [2.45, 2.75) is 32.8 Å². The Morgan fingerprint density at radius 1 is 0.677 bits per heavy atom. The van der Waals surface area contributed by atoms with Crippen molar-refractivity contribution in [1.82, 2.24) is 35.6 Å². The summed E-state index contributed by atoms with van der Waals surface area (Å²) in [5, 5.41) is 9.11. The number of nitrogens with one attached hydrogen (secondary N) is 4. The largest absolute Gasteiger partial charge is 0.350 e. The molecule has 62 heavy (non-hydrogen) atoms. The molecule has 5 heterocycles. The summed E-state index contributed by atoms with van der Waals surface area (Å²) in [6, 6.07) is 34.0. The first-order chi connectivity index (χ1) is 29.9. The van der Waals surface area contributed by atoms with E-state index in [0.717, 1.165) is 44.4 Å². The van der Waals surface area contributed by atoms with Gasteiger partial charge in [0.1, 0.15) is 22.2 Å². The Labute approximate surface area is 358 Å². The van der Waals surface area contributed by atoms with Gasteiger partial charge in [-0.05, 0) is 83.9 Å². The Bertz CT molecular complexity index is 3250. The summed E-state index contributed by atoms with van der Waals surface area (Å²) in [4.78, 5) is 43.8. The van der Waals surface area contributed by atoms with Gasteiger partial charge in [-0.2, -0.15) is 0 Å². The number of H-pyrrole nitrogens is 2. The maximum absolute atomic E-state index is 13.5. The van der Waals surface area contributed by atoms with Gasteiger partial charge in [0.2, 0.25) is 19.7 Å². The molecule has 9 rings (SSSR count). The second-order valence-electron chi connectivity index (χ2n) is 13.8. The van der Waals surface area contributed by atoms with Gasteiger partial charge in [-0.15, -0.1) is 11.3 Å². The topological polar surface area (TPSA) is 197 Å². The van der Waals surface area contributed by atoms with Gasteiger partial charge in [0, 0.05) is 65.1 Å². The van der Waals surface area contributed by atoms with Crippen molar-refractivity contribution >= 4 is 64.8 Å². The van der Waals surface area contributed by atoms with Gasteiger partial charge in [0.15, 0.2) is 5.03 Å². The van der Waals surface area contributed by atoms with E-state index in [2.05, 4.69) is 35.6 Å². The Balaban J connectivity index is 0.000000174. The average Bonchev–Trinajstić information content (AvgIpc) is 4.09. The van der Waals surface area contributed by atoms with Crippen molar-refractivity contribution in [1.29, 1.82) is 0 Å². The monoisotopic (exact) mass is 883 g/mol. The van der Waals surface area contributed by atoms with Gasteiger partial charge in [-0.3, -0.25) is 14.6 Å². The quantitative estimate of drug-likeness (QED) is 0.0998. The van der Waals surface area contributed by atoms with Crippen molar-refractivity contribution in [2.75, 3.05) is 0 Å². The number of aromatic nitrogens is 5. The molecule has 0 fully saturated rings. The molecule has 5 aromatic heterocycles. The molecule has 0 saturated carbocycles. The van der Waals surface area contributed by atoms with Crippen LogP contribution in [-0.4, -0.2) is 53.6 Å². The van der Waals surface area contributed by atoms with Crippen molar-refractivity contribution in [3.63, 3.8) is 0 Å². The number of carbonyl (C=O) groups excluding carboxylic acids is 2. The number of nitrogens with zero attached hydrogens (tertiary/aromatic N) is 3. The second kappa shape index (κ2) is 17.7. The minimum Gasteiger partial charge on any atom is -0.350 e. The Kier molecular flexibility index (Phi) is 11.8. The second-order valence-corrected chi connectivity index (χ2v) is 18.5. The number of hydrogen-bond donors (Lipinski definition) is 4. The van der Waals surface area contributed by atoms with Crippen LogP contribution in [0, 0.1) is 5.82 Å². The first-order valence-electron chi connectivity index (χ1n) is 18.8. The van der Waals surface area contributed by atoms with E-state index in [1.165, 1.54) is 35.8 Å². The van der Waals surface area contributed by atoms with Crippen LogP contribution in [0.2, 0.25) is 0 Å². The number of sulfone groups is 2. The summed E-state index contributed by atoms with van der Waals surface area (Å²) in [7, 11) is -7.38. The molecule has 0 aliphatic carbocycles. The van der Waals surface area contributed by atoms with Crippen LogP contribution < -0.4 is 10.6 Å². The lowest BCUT2D eigenvalue weighted by atomic mass is 10.2. The first kappa shape index (κ1) is 41.4. The van der Waals surface area contributed by atoms with Crippen LogP contribution in [-0.2, 0) is 32.8 Å². The van der Waals surface area contributed by atoms with E-state index in [-0.39, 0.29) is 44.6 Å². The number of fused-ring (bicyclic) bond motifs is 2. The van der Waals surface area contributed by atoms with E-state index in [9.17, 15) is 30.8 Å². The SMILES string of the molecule is O=C(NCc1ccc(S(=O)(=O)c2ccccc2)cc1)c1cnc2[nH]ccc2c1.O=C(NCc1ccc(S(=O)(=O)c2csc(-c3cccc(F)c3)n2)cc1)c1cc2cnccc2[nH]1. The molecule has 4 aromatic carbocycles. The number of halogens is 1. The molecule has 4 N–H and O–H groups in total. The molecule has 0 unspecified atom stereocenters. The predicted octanol–water partition coefficient (Wildman–Crippen LogP) is 7.91. The number of benzene rings is 4. The molecule has 0 atom stereocenters. The van der Waals surface area contributed by atoms with Crippen LogP contribution in [0.3, 0.4) is 0 Å². The molecule has 9 aromatic rings.